The Hall–Kier alpha value is -1.88. The number of nitrogen functional groups attached to an aromatic ring is 1. The highest BCUT2D eigenvalue weighted by Gasteiger charge is 2.21. The quantitative estimate of drug-likeness (QED) is 0.874. The van der Waals surface area contributed by atoms with Gasteiger partial charge in [0.25, 0.3) is 0 Å². The number of carbonyl (C=O) groups is 1. The van der Waals surface area contributed by atoms with E-state index in [0.29, 0.717) is 16.7 Å². The Morgan fingerprint density at radius 3 is 2.61 bits per heavy atom. The minimum Gasteiger partial charge on any atom is -0.478 e. The third-order valence-corrected chi connectivity index (χ3v) is 3.71. The second-order valence-electron chi connectivity index (χ2n) is 4.04. The molecule has 0 aliphatic rings. The van der Waals surface area contributed by atoms with Gasteiger partial charge in [-0.2, -0.15) is 0 Å². The normalized spacial score (nSPS) is 10.6. The van der Waals surface area contributed by atoms with E-state index >= 15 is 0 Å². The van der Waals surface area contributed by atoms with Gasteiger partial charge in [-0.1, -0.05) is 6.07 Å². The summed E-state index contributed by atoms with van der Waals surface area (Å²) in [4.78, 5) is 12.0. The molecule has 18 heavy (non-hydrogen) atoms. The lowest BCUT2D eigenvalue weighted by atomic mass is 9.99. The van der Waals surface area contributed by atoms with Crippen LogP contribution in [-0.2, 0) is 0 Å². The van der Waals surface area contributed by atoms with Crippen LogP contribution in [0.3, 0.4) is 0 Å². The third kappa shape index (κ3) is 1.97. The van der Waals surface area contributed by atoms with Gasteiger partial charge in [-0.05, 0) is 37.1 Å². The summed E-state index contributed by atoms with van der Waals surface area (Å²) >= 11 is 1.23. The van der Waals surface area contributed by atoms with Crippen LogP contribution in [0.25, 0.3) is 11.1 Å². The van der Waals surface area contributed by atoms with Gasteiger partial charge in [-0.15, -0.1) is 11.3 Å². The first-order valence-corrected chi connectivity index (χ1v) is 6.12. The van der Waals surface area contributed by atoms with E-state index in [-0.39, 0.29) is 16.4 Å². The molecule has 5 heteroatoms. The van der Waals surface area contributed by atoms with Gasteiger partial charge >= 0.3 is 5.97 Å². The Morgan fingerprint density at radius 1 is 1.39 bits per heavy atom. The number of hydrogen-bond acceptors (Lipinski definition) is 3. The van der Waals surface area contributed by atoms with Crippen molar-refractivity contribution in [1.29, 1.82) is 0 Å². The molecule has 0 spiro atoms. The predicted molar refractivity (Wildman–Crippen MR) is 70.6 cm³/mol. The van der Waals surface area contributed by atoms with Crippen LogP contribution in [0.5, 0.6) is 0 Å². The molecule has 94 valence electrons. The highest BCUT2D eigenvalue weighted by atomic mass is 32.1. The van der Waals surface area contributed by atoms with E-state index in [1.807, 2.05) is 6.92 Å². The van der Waals surface area contributed by atoms with Crippen LogP contribution in [0.2, 0.25) is 0 Å². The lowest BCUT2D eigenvalue weighted by Crippen LogP contribution is -2.01. The van der Waals surface area contributed by atoms with Gasteiger partial charge in [-0.25, -0.2) is 9.18 Å². The maximum atomic E-state index is 13.2. The summed E-state index contributed by atoms with van der Waals surface area (Å²) in [5.41, 5.74) is 7.55. The molecule has 0 unspecified atom stereocenters. The number of aromatic carboxylic acids is 1. The molecular weight excluding hydrogens is 253 g/mol. The zero-order valence-electron chi connectivity index (χ0n) is 9.95. The maximum Gasteiger partial charge on any atom is 0.339 e. The van der Waals surface area contributed by atoms with E-state index in [4.69, 9.17) is 5.73 Å². The first kappa shape index (κ1) is 12.6. The number of thiophene rings is 1. The van der Waals surface area contributed by atoms with Crippen LogP contribution in [0, 0.1) is 19.7 Å². The molecule has 3 N–H and O–H groups in total. The van der Waals surface area contributed by atoms with Gasteiger partial charge in [0.05, 0.1) is 0 Å². The summed E-state index contributed by atoms with van der Waals surface area (Å²) in [5, 5.41) is 9.47. The van der Waals surface area contributed by atoms with Gasteiger partial charge < -0.3 is 10.8 Å². The van der Waals surface area contributed by atoms with Crippen molar-refractivity contribution in [3.63, 3.8) is 0 Å². The molecule has 3 nitrogen and oxygen atoms in total. The molecule has 2 aromatic rings. The van der Waals surface area contributed by atoms with Gasteiger partial charge in [0, 0.05) is 10.4 Å². The summed E-state index contributed by atoms with van der Waals surface area (Å²) < 4.78 is 13.2. The fourth-order valence-corrected chi connectivity index (χ4v) is 2.87. The molecule has 0 atom stereocenters. The molecule has 0 amide bonds. The number of carboxylic acids is 1. The van der Waals surface area contributed by atoms with Gasteiger partial charge in [0.2, 0.25) is 0 Å². The molecule has 0 aliphatic carbocycles. The van der Waals surface area contributed by atoms with Crippen LogP contribution in [0.4, 0.5) is 9.39 Å². The Labute approximate surface area is 108 Å². The van der Waals surface area contributed by atoms with Crippen LogP contribution in [0.15, 0.2) is 18.2 Å². The first-order chi connectivity index (χ1) is 8.41. The fraction of sp³-hybridized carbons (Fsp3) is 0.154. The van der Waals surface area contributed by atoms with Crippen LogP contribution < -0.4 is 5.73 Å². The van der Waals surface area contributed by atoms with Crippen molar-refractivity contribution in [2.75, 3.05) is 5.73 Å². The highest BCUT2D eigenvalue weighted by molar-refractivity contribution is 7.16. The molecule has 0 bridgehead atoms. The Bertz CT molecular complexity index is 634. The molecule has 2 rings (SSSR count). The lowest BCUT2D eigenvalue weighted by Gasteiger charge is -2.05. The zero-order valence-corrected chi connectivity index (χ0v) is 10.8. The third-order valence-electron chi connectivity index (χ3n) is 2.77. The van der Waals surface area contributed by atoms with E-state index in [1.54, 1.807) is 19.1 Å². The van der Waals surface area contributed by atoms with Crippen LogP contribution in [-0.4, -0.2) is 11.1 Å². The Balaban J connectivity index is 2.70. The molecule has 0 radical (unpaired) electrons. The Morgan fingerprint density at radius 2 is 2.06 bits per heavy atom. The number of halogens is 1. The smallest absolute Gasteiger partial charge is 0.339 e. The lowest BCUT2D eigenvalue weighted by molar-refractivity contribution is 0.0699. The van der Waals surface area contributed by atoms with Crippen LogP contribution >= 0.6 is 11.3 Å². The van der Waals surface area contributed by atoms with Crippen molar-refractivity contribution >= 4 is 22.3 Å². The molecular formula is C13H12FNO2S. The SMILES string of the molecule is Cc1cc(-c2c(C)sc(N)c2C(=O)O)ccc1F. The number of hydrogen-bond donors (Lipinski definition) is 2. The minimum atomic E-state index is -1.06. The standard InChI is InChI=1S/C13H12FNO2S/c1-6-5-8(3-4-9(6)14)10-7(2)18-12(15)11(10)13(16)17/h3-5H,15H2,1-2H3,(H,16,17). The largest absolute Gasteiger partial charge is 0.478 e. The second kappa shape index (κ2) is 4.42. The van der Waals surface area contributed by atoms with Crippen molar-refractivity contribution in [3.05, 3.63) is 40.0 Å². The zero-order chi connectivity index (χ0) is 13.4. The average Bonchev–Trinajstić information content (AvgIpc) is 2.57. The summed E-state index contributed by atoms with van der Waals surface area (Å²) in [6.07, 6.45) is 0. The molecule has 0 saturated heterocycles. The topological polar surface area (TPSA) is 63.3 Å². The minimum absolute atomic E-state index is 0.100. The van der Waals surface area contributed by atoms with E-state index in [2.05, 4.69) is 0 Å². The van der Waals surface area contributed by atoms with Crippen molar-refractivity contribution in [2.24, 2.45) is 0 Å². The molecule has 1 heterocycles. The van der Waals surface area contributed by atoms with Gasteiger partial charge in [-0.3, -0.25) is 0 Å². The van der Waals surface area contributed by atoms with Crippen molar-refractivity contribution in [3.8, 4) is 11.1 Å². The number of rotatable bonds is 2. The van der Waals surface area contributed by atoms with E-state index in [1.165, 1.54) is 17.4 Å². The van der Waals surface area contributed by atoms with E-state index in [0.717, 1.165) is 4.88 Å². The summed E-state index contributed by atoms with van der Waals surface area (Å²) in [5.74, 6) is -1.37. The molecule has 1 aromatic carbocycles. The van der Waals surface area contributed by atoms with Gasteiger partial charge in [0.15, 0.2) is 0 Å². The molecule has 1 aromatic heterocycles. The highest BCUT2D eigenvalue weighted by Crippen LogP contribution is 2.38. The predicted octanol–water partition coefficient (Wildman–Crippen LogP) is 3.45. The molecule has 0 saturated carbocycles. The number of carboxylic acid groups (broad SMARTS) is 1. The summed E-state index contributed by atoms with van der Waals surface area (Å²) in [6.45, 7) is 3.45. The van der Waals surface area contributed by atoms with Gasteiger partial charge in [0.1, 0.15) is 16.4 Å². The second-order valence-corrected chi connectivity index (χ2v) is 5.30. The summed E-state index contributed by atoms with van der Waals surface area (Å²) in [7, 11) is 0. The fourth-order valence-electron chi connectivity index (χ4n) is 1.93. The molecule has 0 fully saturated rings. The monoisotopic (exact) mass is 265 g/mol. The average molecular weight is 265 g/mol. The van der Waals surface area contributed by atoms with Crippen LogP contribution in [0.1, 0.15) is 20.8 Å². The number of aryl methyl sites for hydroxylation is 2. The number of nitrogens with two attached hydrogens (primary N) is 1. The van der Waals surface area contributed by atoms with Crippen molar-refractivity contribution in [1.82, 2.24) is 0 Å². The van der Waals surface area contributed by atoms with E-state index in [9.17, 15) is 14.3 Å². The maximum absolute atomic E-state index is 13.2. The van der Waals surface area contributed by atoms with Crippen molar-refractivity contribution in [2.45, 2.75) is 13.8 Å². The Kier molecular flexibility index (Phi) is 3.09. The van der Waals surface area contributed by atoms with Crippen molar-refractivity contribution < 1.29 is 14.3 Å². The number of anilines is 1. The first-order valence-electron chi connectivity index (χ1n) is 5.30. The van der Waals surface area contributed by atoms with E-state index < -0.39 is 5.97 Å². The summed E-state index contributed by atoms with van der Waals surface area (Å²) in [6, 6.07) is 4.54. The molecule has 0 aliphatic heterocycles. The number of benzene rings is 1.